The minimum absolute atomic E-state index is 0.141. The van der Waals surface area contributed by atoms with E-state index in [0.717, 1.165) is 25.9 Å². The average Bonchev–Trinajstić information content (AvgIpc) is 2.72. The van der Waals surface area contributed by atoms with Crippen LogP contribution >= 0.6 is 0 Å². The highest BCUT2D eigenvalue weighted by Crippen LogP contribution is 2.29. The SMILES string of the molecule is O=C(O)C(c1ccco1)C1CCCNC1. The predicted molar refractivity (Wildman–Crippen MR) is 54.7 cm³/mol. The molecule has 1 aliphatic heterocycles. The summed E-state index contributed by atoms with van der Waals surface area (Å²) in [6.45, 7) is 1.75. The van der Waals surface area contributed by atoms with E-state index in [-0.39, 0.29) is 5.92 Å². The first-order chi connectivity index (χ1) is 7.29. The van der Waals surface area contributed by atoms with Crippen LogP contribution in [0.15, 0.2) is 22.8 Å². The van der Waals surface area contributed by atoms with Gasteiger partial charge in [0.05, 0.1) is 6.26 Å². The van der Waals surface area contributed by atoms with Gasteiger partial charge in [0.1, 0.15) is 11.7 Å². The van der Waals surface area contributed by atoms with Gasteiger partial charge >= 0.3 is 5.97 Å². The van der Waals surface area contributed by atoms with Gasteiger partial charge < -0.3 is 14.8 Å². The van der Waals surface area contributed by atoms with Crippen LogP contribution in [0.25, 0.3) is 0 Å². The van der Waals surface area contributed by atoms with Crippen LogP contribution < -0.4 is 5.32 Å². The van der Waals surface area contributed by atoms with E-state index < -0.39 is 11.9 Å². The van der Waals surface area contributed by atoms with E-state index in [2.05, 4.69) is 5.32 Å². The fourth-order valence-electron chi connectivity index (χ4n) is 2.19. The molecule has 0 amide bonds. The molecule has 4 nitrogen and oxygen atoms in total. The molecule has 15 heavy (non-hydrogen) atoms. The van der Waals surface area contributed by atoms with Crippen LogP contribution in [-0.4, -0.2) is 24.2 Å². The third-order valence-electron chi connectivity index (χ3n) is 2.92. The van der Waals surface area contributed by atoms with Gasteiger partial charge in [-0.1, -0.05) is 0 Å². The second kappa shape index (κ2) is 4.49. The number of piperidine rings is 1. The molecule has 0 spiro atoms. The number of carboxylic acid groups (broad SMARTS) is 1. The molecule has 1 fully saturated rings. The maximum Gasteiger partial charge on any atom is 0.314 e. The van der Waals surface area contributed by atoms with Crippen molar-refractivity contribution in [2.75, 3.05) is 13.1 Å². The molecule has 0 aliphatic carbocycles. The summed E-state index contributed by atoms with van der Waals surface area (Å²) in [5, 5.41) is 12.4. The van der Waals surface area contributed by atoms with Crippen LogP contribution in [0, 0.1) is 5.92 Å². The molecular weight excluding hydrogens is 194 g/mol. The summed E-state index contributed by atoms with van der Waals surface area (Å²) in [6.07, 6.45) is 3.52. The van der Waals surface area contributed by atoms with Crippen molar-refractivity contribution in [3.63, 3.8) is 0 Å². The summed E-state index contributed by atoms with van der Waals surface area (Å²) >= 11 is 0. The molecular formula is C11H15NO3. The zero-order valence-corrected chi connectivity index (χ0v) is 8.48. The molecule has 2 unspecified atom stereocenters. The van der Waals surface area contributed by atoms with E-state index in [1.807, 2.05) is 0 Å². The fraction of sp³-hybridized carbons (Fsp3) is 0.545. The lowest BCUT2D eigenvalue weighted by Gasteiger charge is -2.26. The monoisotopic (exact) mass is 209 g/mol. The third-order valence-corrected chi connectivity index (χ3v) is 2.92. The highest BCUT2D eigenvalue weighted by Gasteiger charge is 2.32. The molecule has 2 atom stereocenters. The number of nitrogens with one attached hydrogen (secondary N) is 1. The normalized spacial score (nSPS) is 23.6. The third kappa shape index (κ3) is 2.21. The predicted octanol–water partition coefficient (Wildman–Crippen LogP) is 1.45. The van der Waals surface area contributed by atoms with Gasteiger partial charge in [-0.3, -0.25) is 4.79 Å². The molecule has 2 N–H and O–H groups in total. The maximum absolute atomic E-state index is 11.2. The molecule has 2 heterocycles. The summed E-state index contributed by atoms with van der Waals surface area (Å²) in [6, 6.07) is 3.48. The summed E-state index contributed by atoms with van der Waals surface area (Å²) in [7, 11) is 0. The van der Waals surface area contributed by atoms with E-state index in [1.165, 1.54) is 6.26 Å². The van der Waals surface area contributed by atoms with Crippen LogP contribution in [0.5, 0.6) is 0 Å². The van der Waals surface area contributed by atoms with Crippen molar-refractivity contribution in [3.05, 3.63) is 24.2 Å². The quantitative estimate of drug-likeness (QED) is 0.790. The Bertz CT molecular complexity index is 315. The van der Waals surface area contributed by atoms with Crippen LogP contribution in [0.4, 0.5) is 0 Å². The van der Waals surface area contributed by atoms with Gasteiger partial charge in [-0.15, -0.1) is 0 Å². The number of hydrogen-bond donors (Lipinski definition) is 2. The van der Waals surface area contributed by atoms with Crippen LogP contribution in [0.3, 0.4) is 0 Å². The zero-order chi connectivity index (χ0) is 10.7. The topological polar surface area (TPSA) is 62.5 Å². The molecule has 0 aromatic carbocycles. The Labute approximate surface area is 88.3 Å². The number of aliphatic carboxylic acids is 1. The van der Waals surface area contributed by atoms with E-state index in [9.17, 15) is 9.90 Å². The molecule has 0 bridgehead atoms. The van der Waals surface area contributed by atoms with Gasteiger partial charge in [0.25, 0.3) is 0 Å². The first kappa shape index (κ1) is 10.2. The number of carboxylic acids is 1. The summed E-state index contributed by atoms with van der Waals surface area (Å²) in [5.41, 5.74) is 0. The van der Waals surface area contributed by atoms with Crippen molar-refractivity contribution < 1.29 is 14.3 Å². The van der Waals surface area contributed by atoms with Gasteiger partial charge in [-0.25, -0.2) is 0 Å². The molecule has 0 radical (unpaired) electrons. The van der Waals surface area contributed by atoms with E-state index >= 15 is 0 Å². The number of furan rings is 1. The lowest BCUT2D eigenvalue weighted by Crippen LogP contribution is -2.35. The van der Waals surface area contributed by atoms with Crippen molar-refractivity contribution in [3.8, 4) is 0 Å². The smallest absolute Gasteiger partial charge is 0.314 e. The Balaban J connectivity index is 2.15. The molecule has 1 aromatic heterocycles. The maximum atomic E-state index is 11.2. The largest absolute Gasteiger partial charge is 0.481 e. The number of rotatable bonds is 3. The van der Waals surface area contributed by atoms with Gasteiger partial charge in [-0.05, 0) is 44.0 Å². The van der Waals surface area contributed by atoms with Crippen molar-refractivity contribution in [2.24, 2.45) is 5.92 Å². The van der Waals surface area contributed by atoms with Gasteiger partial charge in [0.2, 0.25) is 0 Å². The number of carbonyl (C=O) groups is 1. The zero-order valence-electron chi connectivity index (χ0n) is 8.48. The fourth-order valence-corrected chi connectivity index (χ4v) is 2.19. The van der Waals surface area contributed by atoms with Gasteiger partial charge in [-0.2, -0.15) is 0 Å². The van der Waals surface area contributed by atoms with E-state index in [1.54, 1.807) is 12.1 Å². The molecule has 1 aliphatic rings. The highest BCUT2D eigenvalue weighted by atomic mass is 16.4. The van der Waals surface area contributed by atoms with Crippen molar-refractivity contribution >= 4 is 5.97 Å². The Kier molecular flexibility index (Phi) is 3.06. The lowest BCUT2D eigenvalue weighted by molar-refractivity contribution is -0.140. The summed E-state index contributed by atoms with van der Waals surface area (Å²) in [4.78, 5) is 11.2. The van der Waals surface area contributed by atoms with Crippen molar-refractivity contribution in [1.29, 1.82) is 0 Å². The van der Waals surface area contributed by atoms with E-state index in [4.69, 9.17) is 4.42 Å². The molecule has 82 valence electrons. The molecule has 1 saturated heterocycles. The van der Waals surface area contributed by atoms with Crippen LogP contribution in [0.1, 0.15) is 24.5 Å². The second-order valence-corrected chi connectivity index (χ2v) is 3.94. The summed E-state index contributed by atoms with van der Waals surface area (Å²) in [5.74, 6) is -0.593. The minimum atomic E-state index is -0.793. The standard InChI is InChI=1S/C11H15NO3/c13-11(14)10(9-4-2-6-15-9)8-3-1-5-12-7-8/h2,4,6,8,10,12H,1,3,5,7H2,(H,13,14). The van der Waals surface area contributed by atoms with Gasteiger partial charge in [0.15, 0.2) is 0 Å². The van der Waals surface area contributed by atoms with E-state index in [0.29, 0.717) is 5.76 Å². The molecule has 1 aromatic rings. The molecule has 4 heteroatoms. The molecule has 0 saturated carbocycles. The first-order valence-electron chi connectivity index (χ1n) is 5.26. The number of hydrogen-bond acceptors (Lipinski definition) is 3. The lowest BCUT2D eigenvalue weighted by atomic mass is 9.84. The van der Waals surface area contributed by atoms with Gasteiger partial charge in [0, 0.05) is 0 Å². The first-order valence-corrected chi connectivity index (χ1v) is 5.26. The molecule has 2 rings (SSSR count). The van der Waals surface area contributed by atoms with Crippen LogP contribution in [0.2, 0.25) is 0 Å². The average molecular weight is 209 g/mol. The van der Waals surface area contributed by atoms with Crippen molar-refractivity contribution in [1.82, 2.24) is 5.32 Å². The Morgan fingerprint density at radius 3 is 3.07 bits per heavy atom. The Hall–Kier alpha value is -1.29. The minimum Gasteiger partial charge on any atom is -0.481 e. The van der Waals surface area contributed by atoms with Crippen LogP contribution in [-0.2, 0) is 4.79 Å². The van der Waals surface area contributed by atoms with Crippen molar-refractivity contribution in [2.45, 2.75) is 18.8 Å². The second-order valence-electron chi connectivity index (χ2n) is 3.94. The Morgan fingerprint density at radius 2 is 2.53 bits per heavy atom. The Morgan fingerprint density at radius 1 is 1.67 bits per heavy atom. The highest BCUT2D eigenvalue weighted by molar-refractivity contribution is 5.75. The summed E-state index contributed by atoms with van der Waals surface area (Å²) < 4.78 is 5.20.